The number of rotatable bonds is 7. The highest BCUT2D eigenvalue weighted by Gasteiger charge is 2.33. The van der Waals surface area contributed by atoms with Crippen molar-refractivity contribution in [2.24, 2.45) is 5.92 Å². The maximum absolute atomic E-state index is 13.2. The van der Waals surface area contributed by atoms with E-state index >= 15 is 0 Å². The lowest BCUT2D eigenvalue weighted by Gasteiger charge is -2.31. The summed E-state index contributed by atoms with van der Waals surface area (Å²) in [6.45, 7) is 3.97. The number of sulfonamides is 1. The molecule has 178 valence electrons. The number of amides is 1. The molecule has 1 amide bonds. The topological polar surface area (TPSA) is 83.6 Å². The first kappa shape index (κ1) is 24.3. The molecule has 8 heteroatoms. The summed E-state index contributed by atoms with van der Waals surface area (Å²) in [6.07, 6.45) is 0.894. The summed E-state index contributed by atoms with van der Waals surface area (Å²) in [5, 5.41) is 5.19. The number of piperidine rings is 1. The second-order valence-corrected chi connectivity index (χ2v) is 11.5. The zero-order valence-corrected chi connectivity index (χ0v) is 20.9. The first-order valence-corrected chi connectivity index (χ1v) is 13.6. The number of carbonyl (C=O) groups excluding carboxylic acids is 2. The first-order chi connectivity index (χ1) is 16.3. The summed E-state index contributed by atoms with van der Waals surface area (Å²) < 4.78 is 27.6. The van der Waals surface area contributed by atoms with E-state index in [9.17, 15) is 18.0 Å². The molecule has 0 saturated carbocycles. The molecule has 1 atom stereocenters. The molecule has 1 aliphatic rings. The second kappa shape index (κ2) is 10.2. The van der Waals surface area contributed by atoms with E-state index in [2.05, 4.69) is 5.32 Å². The van der Waals surface area contributed by atoms with Crippen molar-refractivity contribution in [2.75, 3.05) is 13.1 Å². The van der Waals surface area contributed by atoms with Crippen LogP contribution < -0.4 is 5.32 Å². The predicted molar refractivity (Wildman–Crippen MR) is 133 cm³/mol. The van der Waals surface area contributed by atoms with Crippen LogP contribution in [0.4, 0.5) is 0 Å². The van der Waals surface area contributed by atoms with Gasteiger partial charge in [-0.2, -0.15) is 4.31 Å². The van der Waals surface area contributed by atoms with E-state index in [-0.39, 0.29) is 41.6 Å². The van der Waals surface area contributed by atoms with Crippen molar-refractivity contribution in [3.05, 3.63) is 87.6 Å². The number of nitrogens with one attached hydrogen (secondary N) is 1. The average Bonchev–Trinajstić information content (AvgIpc) is 3.38. The average molecular weight is 497 g/mol. The Morgan fingerprint density at radius 1 is 1.03 bits per heavy atom. The van der Waals surface area contributed by atoms with E-state index in [1.165, 1.54) is 23.4 Å². The lowest BCUT2D eigenvalue weighted by Crippen LogP contribution is -2.43. The molecule has 34 heavy (non-hydrogen) atoms. The van der Waals surface area contributed by atoms with E-state index in [1.54, 1.807) is 23.5 Å². The van der Waals surface area contributed by atoms with Crippen molar-refractivity contribution in [2.45, 2.75) is 37.6 Å². The van der Waals surface area contributed by atoms with Crippen molar-refractivity contribution >= 4 is 33.1 Å². The fourth-order valence-electron chi connectivity index (χ4n) is 4.18. The molecule has 1 aliphatic heterocycles. The molecule has 0 radical (unpaired) electrons. The van der Waals surface area contributed by atoms with Crippen LogP contribution in [0.2, 0.25) is 0 Å². The lowest BCUT2D eigenvalue weighted by atomic mass is 9.95. The minimum atomic E-state index is -3.72. The van der Waals surface area contributed by atoms with Crippen LogP contribution in [0.15, 0.2) is 70.9 Å². The van der Waals surface area contributed by atoms with Gasteiger partial charge in [0.15, 0.2) is 5.78 Å². The maximum atomic E-state index is 13.2. The van der Waals surface area contributed by atoms with Gasteiger partial charge in [0.1, 0.15) is 0 Å². The van der Waals surface area contributed by atoms with E-state index in [1.807, 2.05) is 48.7 Å². The van der Waals surface area contributed by atoms with Crippen LogP contribution in [0.1, 0.15) is 52.2 Å². The minimum absolute atomic E-state index is 0.0606. The van der Waals surface area contributed by atoms with E-state index < -0.39 is 10.0 Å². The van der Waals surface area contributed by atoms with Crippen molar-refractivity contribution < 1.29 is 18.0 Å². The van der Waals surface area contributed by atoms with Crippen LogP contribution in [0.25, 0.3) is 0 Å². The van der Waals surface area contributed by atoms with Crippen LogP contribution in [0.5, 0.6) is 0 Å². The Kier molecular flexibility index (Phi) is 7.30. The molecule has 3 aromatic rings. The van der Waals surface area contributed by atoms with Crippen LogP contribution in [0, 0.1) is 12.8 Å². The first-order valence-electron chi connectivity index (χ1n) is 11.3. The Balaban J connectivity index is 1.44. The van der Waals surface area contributed by atoms with Crippen LogP contribution in [-0.2, 0) is 14.8 Å². The zero-order valence-electron chi connectivity index (χ0n) is 19.2. The number of thiophene rings is 1. The second-order valence-electron chi connectivity index (χ2n) is 8.63. The Morgan fingerprint density at radius 3 is 2.35 bits per heavy atom. The molecule has 0 bridgehead atoms. The minimum Gasteiger partial charge on any atom is -0.344 e. The Labute approximate surface area is 204 Å². The molecule has 1 saturated heterocycles. The summed E-state index contributed by atoms with van der Waals surface area (Å²) in [5.74, 6) is -0.501. The van der Waals surface area contributed by atoms with Crippen LogP contribution in [-0.4, -0.2) is 37.5 Å². The van der Waals surface area contributed by atoms with Gasteiger partial charge in [-0.25, -0.2) is 8.42 Å². The van der Waals surface area contributed by atoms with Gasteiger partial charge in [-0.1, -0.05) is 48.0 Å². The van der Waals surface area contributed by atoms with Gasteiger partial charge in [0, 0.05) is 29.4 Å². The molecule has 6 nitrogen and oxygen atoms in total. The van der Waals surface area contributed by atoms with Crippen LogP contribution in [0.3, 0.4) is 0 Å². The van der Waals surface area contributed by atoms with E-state index in [4.69, 9.17) is 0 Å². The van der Waals surface area contributed by atoms with Crippen LogP contribution >= 0.6 is 11.3 Å². The monoisotopic (exact) mass is 496 g/mol. The number of benzene rings is 2. The summed E-state index contributed by atoms with van der Waals surface area (Å²) in [7, 11) is -3.72. The third kappa shape index (κ3) is 5.29. The Bertz CT molecular complexity index is 1260. The van der Waals surface area contributed by atoms with E-state index in [0.29, 0.717) is 18.4 Å². The number of ketones is 1. The number of aryl methyl sites for hydroxylation is 1. The molecule has 0 aliphatic carbocycles. The third-order valence-corrected chi connectivity index (χ3v) is 9.06. The predicted octanol–water partition coefficient (Wildman–Crippen LogP) is 4.57. The molecule has 0 spiro atoms. The highest BCUT2D eigenvalue weighted by atomic mass is 32.2. The number of hydrogen-bond acceptors (Lipinski definition) is 5. The SMILES string of the molecule is CC(=O)c1cccc(S(=O)(=O)N2CCC(C(=O)NC(c3ccc(C)cc3)c3cccs3)CC2)c1. The summed E-state index contributed by atoms with van der Waals surface area (Å²) in [6, 6.07) is 18.0. The maximum Gasteiger partial charge on any atom is 0.243 e. The Morgan fingerprint density at radius 2 is 1.74 bits per heavy atom. The van der Waals surface area contributed by atoms with Crippen molar-refractivity contribution in [1.29, 1.82) is 0 Å². The normalized spacial score (nSPS) is 16.2. The highest BCUT2D eigenvalue weighted by Crippen LogP contribution is 2.29. The molecular weight excluding hydrogens is 468 g/mol. The fraction of sp³-hybridized carbons (Fsp3) is 0.308. The van der Waals surface area contributed by atoms with Gasteiger partial charge in [0.25, 0.3) is 0 Å². The molecule has 4 rings (SSSR count). The molecule has 1 N–H and O–H groups in total. The number of nitrogens with zero attached hydrogens (tertiary/aromatic N) is 1. The smallest absolute Gasteiger partial charge is 0.243 e. The highest BCUT2D eigenvalue weighted by molar-refractivity contribution is 7.89. The lowest BCUT2D eigenvalue weighted by molar-refractivity contribution is -0.126. The molecule has 1 aromatic heterocycles. The van der Waals surface area contributed by atoms with Gasteiger partial charge < -0.3 is 5.32 Å². The summed E-state index contributed by atoms with van der Waals surface area (Å²) in [5.41, 5.74) is 2.54. The fourth-order valence-corrected chi connectivity index (χ4v) is 6.49. The van der Waals surface area contributed by atoms with Gasteiger partial charge in [0.05, 0.1) is 10.9 Å². The summed E-state index contributed by atoms with van der Waals surface area (Å²) >= 11 is 1.60. The largest absolute Gasteiger partial charge is 0.344 e. The quantitative estimate of drug-likeness (QED) is 0.486. The molecule has 2 heterocycles. The molecular formula is C26H28N2O4S2. The standard InChI is InChI=1S/C26H28N2O4S2/c1-18-8-10-20(11-9-18)25(24-7-4-16-33-24)27-26(30)21-12-14-28(15-13-21)34(31,32)23-6-3-5-22(17-23)19(2)29/h3-11,16-17,21,25H,12-15H2,1-2H3,(H,27,30). The van der Waals surface area contributed by atoms with Gasteiger partial charge in [-0.3, -0.25) is 9.59 Å². The number of carbonyl (C=O) groups is 2. The summed E-state index contributed by atoms with van der Waals surface area (Å²) in [4.78, 5) is 26.0. The van der Waals surface area contributed by atoms with Gasteiger partial charge in [-0.15, -0.1) is 11.3 Å². The van der Waals surface area contributed by atoms with Gasteiger partial charge in [-0.05, 0) is 55.8 Å². The zero-order chi connectivity index (χ0) is 24.3. The number of hydrogen-bond donors (Lipinski definition) is 1. The number of Topliss-reactive ketones (excluding diaryl/α,β-unsaturated/α-hetero) is 1. The van der Waals surface area contributed by atoms with Gasteiger partial charge in [0.2, 0.25) is 15.9 Å². The van der Waals surface area contributed by atoms with Crippen molar-refractivity contribution in [3.63, 3.8) is 0 Å². The van der Waals surface area contributed by atoms with Crippen molar-refractivity contribution in [3.8, 4) is 0 Å². The molecule has 1 unspecified atom stereocenters. The Hall–Kier alpha value is -2.81. The van der Waals surface area contributed by atoms with E-state index in [0.717, 1.165) is 16.0 Å². The molecule has 1 fully saturated rings. The molecule has 2 aromatic carbocycles. The third-order valence-electron chi connectivity index (χ3n) is 6.23. The van der Waals surface area contributed by atoms with Gasteiger partial charge >= 0.3 is 0 Å². The van der Waals surface area contributed by atoms with Crippen molar-refractivity contribution in [1.82, 2.24) is 9.62 Å².